The van der Waals surface area contributed by atoms with Crippen LogP contribution in [0.1, 0.15) is 49.7 Å². The predicted molar refractivity (Wildman–Crippen MR) is 86.4 cm³/mol. The fraction of sp³-hybridized carbons (Fsp3) is 0.438. The number of hydrogen-bond donors (Lipinski definition) is 3. The van der Waals surface area contributed by atoms with Crippen LogP contribution in [-0.2, 0) is 9.53 Å². The second kappa shape index (κ2) is 10.2. The summed E-state index contributed by atoms with van der Waals surface area (Å²) in [5.74, 6) is -2.04. The molecular weight excluding hydrogens is 298 g/mol. The van der Waals surface area contributed by atoms with Gasteiger partial charge < -0.3 is 20.5 Å². The molecule has 0 fully saturated rings. The first-order valence-electron chi connectivity index (χ1n) is 11.2. The summed E-state index contributed by atoms with van der Waals surface area (Å²) in [7, 11) is 0. The fourth-order valence-electron chi connectivity index (χ4n) is 1.68. The van der Waals surface area contributed by atoms with E-state index < -0.39 is 31.3 Å². The molecule has 1 aromatic carbocycles. The van der Waals surface area contributed by atoms with Crippen LogP contribution in [0, 0.1) is 5.40 Å². The molecule has 0 bridgehead atoms. The summed E-state index contributed by atoms with van der Waals surface area (Å²) < 4.78 is 73.6. The maximum Gasteiger partial charge on any atom is 0.338 e. The SMILES string of the molecule is [2H]/N=C(\N([2H])[2H])N([2H])CCCCCC(=O)Oc1ccc(C(=O)OC([2H])([2H])C([2H])([2H])[2H])cc1. The Morgan fingerprint density at radius 3 is 2.96 bits per heavy atom. The number of hydrogen-bond acceptors (Lipinski definition) is 5. The molecule has 0 saturated carbocycles. The molecule has 7 heteroatoms. The van der Waals surface area contributed by atoms with E-state index in [4.69, 9.17) is 17.2 Å². The fourth-order valence-corrected chi connectivity index (χ4v) is 1.68. The molecule has 0 amide bonds. The number of carbonyl (C=O) groups is 2. The standard InChI is InChI=1S/C16H23N3O4/c1-2-22-15(21)12-7-9-13(10-8-12)23-14(20)6-4-3-5-11-19-16(17)18/h7-10H,2-6,11H2,1H3,(H4,17,18,19)/i1D3,2D2/hD4. The molecule has 23 heavy (non-hydrogen) atoms. The van der Waals surface area contributed by atoms with E-state index in [-0.39, 0.29) is 30.0 Å². The highest BCUT2D eigenvalue weighted by molar-refractivity contribution is 5.89. The van der Waals surface area contributed by atoms with Crippen molar-refractivity contribution in [2.24, 2.45) is 5.72 Å². The van der Waals surface area contributed by atoms with E-state index in [0.717, 1.165) is 5.31 Å². The molecule has 4 N–H and O–H groups in total. The van der Waals surface area contributed by atoms with Gasteiger partial charge >= 0.3 is 11.9 Å². The lowest BCUT2D eigenvalue weighted by atomic mass is 10.2. The molecule has 0 aliphatic heterocycles. The van der Waals surface area contributed by atoms with Crippen LogP contribution in [-0.4, -0.2) is 31.0 Å². The quantitative estimate of drug-likeness (QED) is 0.209. The molecule has 0 spiro atoms. The first-order valence-corrected chi connectivity index (χ1v) is 6.89. The average Bonchev–Trinajstić information content (AvgIpc) is 2.67. The van der Waals surface area contributed by atoms with Gasteiger partial charge in [-0.3, -0.25) is 10.2 Å². The van der Waals surface area contributed by atoms with Gasteiger partial charge in [0.2, 0.25) is 0 Å². The molecule has 0 aliphatic carbocycles. The molecule has 0 radical (unpaired) electrons. The largest absolute Gasteiger partial charge is 0.462 e. The molecule has 0 atom stereocenters. The van der Waals surface area contributed by atoms with E-state index in [1.807, 2.05) is 0 Å². The van der Waals surface area contributed by atoms with E-state index in [2.05, 4.69) is 10.1 Å². The Balaban J connectivity index is 2.43. The van der Waals surface area contributed by atoms with Crippen LogP contribution in [0.3, 0.4) is 0 Å². The first kappa shape index (κ1) is 8.90. The van der Waals surface area contributed by atoms with Gasteiger partial charge in [-0.05, 0) is 44.0 Å². The minimum absolute atomic E-state index is 0.0615. The molecule has 0 aromatic heterocycles. The smallest absolute Gasteiger partial charge is 0.338 e. The predicted octanol–water partition coefficient (Wildman–Crippen LogP) is 1.81. The number of ether oxygens (including phenoxy) is 2. The third-order valence-corrected chi connectivity index (χ3v) is 2.76. The van der Waals surface area contributed by atoms with Crippen molar-refractivity contribution in [3.8, 4) is 5.75 Å². The van der Waals surface area contributed by atoms with Crippen molar-refractivity contribution in [2.75, 3.05) is 13.1 Å². The first-order chi connectivity index (χ1) is 14.8. The summed E-state index contributed by atoms with van der Waals surface area (Å²) in [5, 5.41) is 3.65. The Kier molecular flexibility index (Phi) is 3.95. The second-order valence-corrected chi connectivity index (χ2v) is 4.48. The molecule has 7 nitrogen and oxygen atoms in total. The third kappa shape index (κ3) is 7.85. The van der Waals surface area contributed by atoms with Gasteiger partial charge in [-0.2, -0.15) is 0 Å². The zero-order valence-corrected chi connectivity index (χ0v) is 12.3. The summed E-state index contributed by atoms with van der Waals surface area (Å²) >= 11 is 0. The minimum Gasteiger partial charge on any atom is -0.462 e. The summed E-state index contributed by atoms with van der Waals surface area (Å²) in [4.78, 5) is 23.8. The zero-order chi connectivity index (χ0) is 24.5. The molecule has 1 aromatic rings. The number of carbonyl (C=O) groups excluding carboxylic acids is 2. The van der Waals surface area contributed by atoms with Crippen LogP contribution in [0.15, 0.2) is 24.3 Å². The maximum absolute atomic E-state index is 11.9. The van der Waals surface area contributed by atoms with Crippen molar-refractivity contribution in [2.45, 2.75) is 32.5 Å². The van der Waals surface area contributed by atoms with Gasteiger partial charge in [-0.1, -0.05) is 6.42 Å². The van der Waals surface area contributed by atoms with Crippen LogP contribution in [0.2, 0.25) is 5.65 Å². The van der Waals surface area contributed by atoms with Gasteiger partial charge in [0.15, 0.2) is 11.6 Å². The Morgan fingerprint density at radius 2 is 2.26 bits per heavy atom. The van der Waals surface area contributed by atoms with Crippen molar-refractivity contribution in [1.29, 1.82) is 5.40 Å². The topological polar surface area (TPSA) is 115 Å². The van der Waals surface area contributed by atoms with E-state index in [9.17, 15) is 9.59 Å². The van der Waals surface area contributed by atoms with Crippen LogP contribution >= 0.6 is 0 Å². The van der Waals surface area contributed by atoms with Crippen LogP contribution < -0.4 is 15.8 Å². The number of rotatable bonds is 9. The zero-order valence-electron chi connectivity index (χ0n) is 21.3. The van der Waals surface area contributed by atoms with E-state index in [1.54, 1.807) is 0 Å². The van der Waals surface area contributed by atoms with Crippen molar-refractivity contribution < 1.29 is 31.6 Å². The molecule has 1 rings (SSSR count). The summed E-state index contributed by atoms with van der Waals surface area (Å²) in [5.41, 5.74) is -0.0567. The highest BCUT2D eigenvalue weighted by Crippen LogP contribution is 2.14. The minimum atomic E-state index is -3.15. The van der Waals surface area contributed by atoms with Gasteiger partial charge in [0.25, 0.3) is 0 Å². The Labute approximate surface area is 148 Å². The number of nitrogens with one attached hydrogen (secondary N) is 2. The van der Waals surface area contributed by atoms with E-state index in [0.29, 0.717) is 19.3 Å². The Bertz CT molecular complexity index is 801. The number of benzene rings is 1. The van der Waals surface area contributed by atoms with E-state index in [1.165, 1.54) is 24.3 Å². The summed E-state index contributed by atoms with van der Waals surface area (Å²) in [6, 6.07) is 4.98. The van der Waals surface area contributed by atoms with Crippen molar-refractivity contribution in [3.05, 3.63) is 29.8 Å². The van der Waals surface area contributed by atoms with Gasteiger partial charge in [0.1, 0.15) is 5.75 Å². The maximum atomic E-state index is 11.9. The summed E-state index contributed by atoms with van der Waals surface area (Å²) in [6.45, 7) is -6.17. The van der Waals surface area contributed by atoms with Crippen molar-refractivity contribution in [3.63, 3.8) is 0 Å². The second-order valence-electron chi connectivity index (χ2n) is 4.48. The lowest BCUT2D eigenvalue weighted by molar-refractivity contribution is -0.134. The highest BCUT2D eigenvalue weighted by atomic mass is 16.5. The normalized spacial score (nSPS) is 17.6. The average molecular weight is 330 g/mol. The molecule has 0 aliphatic rings. The van der Waals surface area contributed by atoms with Crippen LogP contribution in [0.5, 0.6) is 5.75 Å². The van der Waals surface area contributed by atoms with Crippen molar-refractivity contribution in [1.82, 2.24) is 5.31 Å². The molecule has 0 heterocycles. The number of unbranched alkanes of at least 4 members (excludes halogenated alkanes) is 2. The lowest BCUT2D eigenvalue weighted by Crippen LogP contribution is -2.30. The third-order valence-electron chi connectivity index (χ3n) is 2.76. The number of guanidine groups is 1. The Morgan fingerprint density at radius 1 is 1.43 bits per heavy atom. The number of nitrogens with two attached hydrogens (primary N) is 1. The van der Waals surface area contributed by atoms with Gasteiger partial charge in [0, 0.05) is 17.1 Å². The van der Waals surface area contributed by atoms with Crippen LogP contribution in [0.25, 0.3) is 0 Å². The molecule has 126 valence electrons. The summed E-state index contributed by atoms with van der Waals surface area (Å²) in [6.07, 6.45) is 1.52. The van der Waals surface area contributed by atoms with Gasteiger partial charge in [-0.15, -0.1) is 0 Å². The molecule has 0 saturated heterocycles. The lowest BCUT2D eigenvalue weighted by Gasteiger charge is -2.06. The van der Waals surface area contributed by atoms with E-state index >= 15 is 0 Å². The van der Waals surface area contributed by atoms with Crippen LogP contribution in [0.4, 0.5) is 0 Å². The van der Waals surface area contributed by atoms with Crippen molar-refractivity contribution >= 4 is 17.9 Å². The van der Waals surface area contributed by atoms with Gasteiger partial charge in [-0.25, -0.2) is 4.79 Å². The number of esters is 2. The molecule has 0 unspecified atom stereocenters. The monoisotopic (exact) mass is 330 g/mol. The highest BCUT2D eigenvalue weighted by Gasteiger charge is 2.08. The van der Waals surface area contributed by atoms with Gasteiger partial charge in [0.05, 0.1) is 14.9 Å². The Hall–Kier alpha value is -2.57. The molecular formula is C16H23N3O4.